The molecule has 1 amide bonds. The van der Waals surface area contributed by atoms with Crippen LogP contribution in [0, 0.1) is 0 Å². The van der Waals surface area contributed by atoms with Gasteiger partial charge in [0.25, 0.3) is 5.56 Å². The minimum Gasteiger partial charge on any atom is -0.442 e. The molecule has 0 aliphatic carbocycles. The number of amides is 1. The third-order valence-corrected chi connectivity index (χ3v) is 5.69. The Balaban J connectivity index is 1.61. The first-order valence-electron chi connectivity index (χ1n) is 11.0. The van der Waals surface area contributed by atoms with Crippen LogP contribution in [0.25, 0.3) is 0 Å². The van der Waals surface area contributed by atoms with Crippen LogP contribution in [0.2, 0.25) is 0 Å². The molecule has 4 rings (SSSR count). The zero-order valence-electron chi connectivity index (χ0n) is 18.9. The zero-order chi connectivity index (χ0) is 25.9. The van der Waals surface area contributed by atoms with Crippen molar-refractivity contribution in [2.75, 3.05) is 18.9 Å². The van der Waals surface area contributed by atoms with Crippen LogP contribution in [0.1, 0.15) is 28.4 Å². The van der Waals surface area contributed by atoms with Gasteiger partial charge in [0.15, 0.2) is 0 Å². The number of fused-ring (bicyclic) bond motifs is 1. The molecule has 0 saturated carbocycles. The molecule has 0 spiro atoms. The van der Waals surface area contributed by atoms with Gasteiger partial charge in [0, 0.05) is 12.1 Å². The standard InChI is InChI=1S/C25H22F4N4O3/c26-18(13-25(27,28)29)15-36-24(35)32-12-11-19-20(14-32)31-23(30)33(22(19)34)21(16-7-3-1-4-8-16)17-9-5-2-6-10-17/h1-10,13,21H,11-12,14-15H2,(H2,30,31). The van der Waals surface area contributed by atoms with Crippen LogP contribution in [0.4, 0.5) is 28.3 Å². The van der Waals surface area contributed by atoms with Crippen molar-refractivity contribution in [2.45, 2.75) is 25.2 Å². The number of aromatic nitrogens is 2. The number of nitrogen functional groups attached to an aromatic ring is 1. The fourth-order valence-corrected chi connectivity index (χ4v) is 4.13. The van der Waals surface area contributed by atoms with E-state index in [0.29, 0.717) is 5.56 Å². The van der Waals surface area contributed by atoms with Gasteiger partial charge >= 0.3 is 12.3 Å². The molecule has 7 nitrogen and oxygen atoms in total. The minimum absolute atomic E-state index is 0.0403. The van der Waals surface area contributed by atoms with Crippen molar-refractivity contribution in [3.05, 3.63) is 105 Å². The van der Waals surface area contributed by atoms with Crippen molar-refractivity contribution < 1.29 is 27.1 Å². The van der Waals surface area contributed by atoms with E-state index in [4.69, 9.17) is 5.73 Å². The minimum atomic E-state index is -4.86. The van der Waals surface area contributed by atoms with Crippen molar-refractivity contribution >= 4 is 12.0 Å². The van der Waals surface area contributed by atoms with E-state index < -0.39 is 36.8 Å². The highest BCUT2D eigenvalue weighted by Gasteiger charge is 2.30. The molecule has 3 aromatic rings. The maximum atomic E-state index is 13.6. The van der Waals surface area contributed by atoms with Crippen LogP contribution in [0.5, 0.6) is 0 Å². The lowest BCUT2D eigenvalue weighted by Crippen LogP contribution is -2.42. The number of nitrogens with two attached hydrogens (primary N) is 1. The summed E-state index contributed by atoms with van der Waals surface area (Å²) in [6.45, 7) is -1.27. The highest BCUT2D eigenvalue weighted by molar-refractivity contribution is 5.68. The van der Waals surface area contributed by atoms with Crippen molar-refractivity contribution in [3.8, 4) is 0 Å². The van der Waals surface area contributed by atoms with E-state index in [-0.39, 0.29) is 36.7 Å². The molecule has 0 atom stereocenters. The molecule has 0 fully saturated rings. The summed E-state index contributed by atoms with van der Waals surface area (Å²) in [5, 5.41) is 0. The number of hydrogen-bond donors (Lipinski definition) is 1. The van der Waals surface area contributed by atoms with Crippen LogP contribution in [-0.4, -0.2) is 39.9 Å². The Bertz CT molecular complexity index is 1290. The van der Waals surface area contributed by atoms with Crippen LogP contribution in [0.15, 0.2) is 77.4 Å². The number of carbonyl (C=O) groups is 1. The summed E-state index contributed by atoms with van der Waals surface area (Å²) in [6, 6.07) is 18.1. The number of ether oxygens (including phenoxy) is 1. The number of rotatable bonds is 5. The molecule has 0 radical (unpaired) electrons. The van der Waals surface area contributed by atoms with E-state index in [1.165, 1.54) is 4.57 Å². The number of alkyl halides is 3. The molecule has 2 heterocycles. The predicted molar refractivity (Wildman–Crippen MR) is 124 cm³/mol. The fraction of sp³-hybridized carbons (Fsp3) is 0.240. The van der Waals surface area contributed by atoms with Crippen LogP contribution < -0.4 is 11.3 Å². The number of nitrogens with zero attached hydrogens (tertiary/aromatic N) is 3. The normalized spacial score (nSPS) is 14.0. The van der Waals surface area contributed by atoms with Gasteiger partial charge in [-0.05, 0) is 17.5 Å². The summed E-state index contributed by atoms with van der Waals surface area (Å²) in [4.78, 5) is 31.4. The van der Waals surface area contributed by atoms with Crippen molar-refractivity contribution in [3.63, 3.8) is 0 Å². The second-order valence-electron chi connectivity index (χ2n) is 8.15. The molecule has 2 N–H and O–H groups in total. The van der Waals surface area contributed by atoms with E-state index in [1.807, 2.05) is 60.7 Å². The Labute approximate surface area is 203 Å². The molecule has 1 aliphatic rings. The lowest BCUT2D eigenvalue weighted by molar-refractivity contribution is -0.0819. The average Bonchev–Trinajstić information content (AvgIpc) is 2.84. The number of allylic oxidation sites excluding steroid dienone is 1. The Morgan fingerprint density at radius 2 is 1.67 bits per heavy atom. The molecule has 0 saturated heterocycles. The smallest absolute Gasteiger partial charge is 0.412 e. The molecule has 11 heteroatoms. The monoisotopic (exact) mass is 502 g/mol. The molecule has 1 aliphatic heterocycles. The molecular weight excluding hydrogens is 480 g/mol. The highest BCUT2D eigenvalue weighted by Crippen LogP contribution is 2.28. The van der Waals surface area contributed by atoms with Crippen molar-refractivity contribution in [1.82, 2.24) is 14.5 Å². The molecular formula is C25H22F4N4O3. The Morgan fingerprint density at radius 1 is 1.08 bits per heavy atom. The summed E-state index contributed by atoms with van der Waals surface area (Å²) >= 11 is 0. The highest BCUT2D eigenvalue weighted by atomic mass is 19.4. The largest absolute Gasteiger partial charge is 0.442 e. The summed E-state index contributed by atoms with van der Waals surface area (Å²) in [5.74, 6) is -1.70. The Morgan fingerprint density at radius 3 is 2.22 bits per heavy atom. The van der Waals surface area contributed by atoms with Gasteiger partial charge in [0.05, 0.1) is 24.4 Å². The number of carbonyl (C=O) groups excluding carboxylic acids is 1. The first kappa shape index (κ1) is 25.0. The van der Waals surface area contributed by atoms with Crippen LogP contribution >= 0.6 is 0 Å². The second kappa shape index (κ2) is 10.2. The summed E-state index contributed by atoms with van der Waals surface area (Å²) < 4.78 is 56.0. The fourth-order valence-electron chi connectivity index (χ4n) is 4.13. The third kappa shape index (κ3) is 5.56. The van der Waals surface area contributed by atoms with Crippen molar-refractivity contribution in [2.24, 2.45) is 0 Å². The van der Waals surface area contributed by atoms with E-state index in [9.17, 15) is 27.2 Å². The van der Waals surface area contributed by atoms with Gasteiger partial charge in [0.2, 0.25) is 5.95 Å². The summed E-state index contributed by atoms with van der Waals surface area (Å²) in [6.07, 6.45) is -6.35. The molecule has 2 aromatic carbocycles. The van der Waals surface area contributed by atoms with Gasteiger partial charge < -0.3 is 15.4 Å². The summed E-state index contributed by atoms with van der Waals surface area (Å²) in [7, 11) is 0. The molecule has 0 bridgehead atoms. The SMILES string of the molecule is Nc1nc2c(c(=O)n1C(c1ccccc1)c1ccccc1)CCN(C(=O)OCC(F)=CC(F)(F)F)C2. The molecule has 188 valence electrons. The van der Waals surface area contributed by atoms with Crippen LogP contribution in [0.3, 0.4) is 0 Å². The zero-order valence-corrected chi connectivity index (χ0v) is 18.9. The van der Waals surface area contributed by atoms with Gasteiger partial charge in [-0.1, -0.05) is 60.7 Å². The van der Waals surface area contributed by atoms with Gasteiger partial charge in [0.1, 0.15) is 12.4 Å². The molecule has 1 aromatic heterocycles. The van der Waals surface area contributed by atoms with Gasteiger partial charge in [-0.2, -0.15) is 13.2 Å². The quantitative estimate of drug-likeness (QED) is 0.524. The van der Waals surface area contributed by atoms with Gasteiger partial charge in [-0.3, -0.25) is 9.36 Å². The van der Waals surface area contributed by atoms with Crippen LogP contribution in [-0.2, 0) is 17.7 Å². The number of halogens is 4. The number of hydrogen-bond acceptors (Lipinski definition) is 5. The van der Waals surface area contributed by atoms with E-state index in [0.717, 1.165) is 16.0 Å². The lowest BCUT2D eigenvalue weighted by Gasteiger charge is -2.29. The second-order valence-corrected chi connectivity index (χ2v) is 8.15. The molecule has 36 heavy (non-hydrogen) atoms. The third-order valence-electron chi connectivity index (χ3n) is 5.69. The van der Waals surface area contributed by atoms with E-state index in [2.05, 4.69) is 9.72 Å². The average molecular weight is 502 g/mol. The van der Waals surface area contributed by atoms with Crippen molar-refractivity contribution in [1.29, 1.82) is 0 Å². The molecule has 0 unspecified atom stereocenters. The van der Waals surface area contributed by atoms with E-state index >= 15 is 0 Å². The maximum Gasteiger partial charge on any atom is 0.412 e. The lowest BCUT2D eigenvalue weighted by atomic mass is 9.97. The Hall–Kier alpha value is -4.15. The number of benzene rings is 2. The predicted octanol–water partition coefficient (Wildman–Crippen LogP) is 4.37. The maximum absolute atomic E-state index is 13.6. The number of anilines is 1. The first-order valence-corrected chi connectivity index (χ1v) is 11.0. The van der Waals surface area contributed by atoms with E-state index in [1.54, 1.807) is 0 Å². The summed E-state index contributed by atoms with van der Waals surface area (Å²) in [5.41, 5.74) is 8.17. The first-order chi connectivity index (χ1) is 17.1. The Kier molecular flexibility index (Phi) is 7.09. The van der Waals surface area contributed by atoms with Gasteiger partial charge in [-0.25, -0.2) is 14.2 Å². The van der Waals surface area contributed by atoms with Gasteiger partial charge in [-0.15, -0.1) is 0 Å². The topological polar surface area (TPSA) is 90.5 Å².